The molecule has 122 valence electrons. The molecular weight excluding hydrogens is 300 g/mol. The van der Waals surface area contributed by atoms with E-state index in [1.807, 2.05) is 6.07 Å². The van der Waals surface area contributed by atoms with Crippen molar-refractivity contribution in [2.45, 2.75) is 39.5 Å². The maximum absolute atomic E-state index is 12.4. The molecule has 0 atom stereocenters. The van der Waals surface area contributed by atoms with Gasteiger partial charge in [0.05, 0.1) is 12.2 Å². The number of ether oxygens (including phenoxy) is 1. The van der Waals surface area contributed by atoms with Crippen LogP contribution >= 0.6 is 11.3 Å². The lowest BCUT2D eigenvalue weighted by molar-refractivity contribution is -0.120. The second kappa shape index (κ2) is 8.29. The summed E-state index contributed by atoms with van der Waals surface area (Å²) >= 11 is 1.48. The molecule has 5 nitrogen and oxygen atoms in total. The standard InChI is InChI=1S/C16H24N2O3S/c1-3-5-12-10-13(16(20)21-4-2)15(22-12)18-14(19)11-6-8-17-9-7-11/h10-11,17H,3-9H2,1-2H3,(H,18,19). The molecule has 0 radical (unpaired) electrons. The highest BCUT2D eigenvalue weighted by molar-refractivity contribution is 7.16. The summed E-state index contributed by atoms with van der Waals surface area (Å²) in [6, 6.07) is 1.85. The molecule has 0 aliphatic carbocycles. The molecule has 0 saturated carbocycles. The van der Waals surface area contributed by atoms with Crippen LogP contribution in [0.2, 0.25) is 0 Å². The first-order valence-electron chi connectivity index (χ1n) is 7.97. The van der Waals surface area contributed by atoms with E-state index in [1.54, 1.807) is 6.92 Å². The van der Waals surface area contributed by atoms with E-state index >= 15 is 0 Å². The lowest BCUT2D eigenvalue weighted by Crippen LogP contribution is -2.34. The minimum atomic E-state index is -0.360. The molecule has 2 heterocycles. The van der Waals surface area contributed by atoms with E-state index in [0.717, 1.165) is 43.6 Å². The van der Waals surface area contributed by atoms with E-state index in [0.29, 0.717) is 17.2 Å². The van der Waals surface area contributed by atoms with Crippen LogP contribution in [0.5, 0.6) is 0 Å². The molecule has 1 amide bonds. The predicted octanol–water partition coefficient (Wildman–Crippen LogP) is 2.82. The summed E-state index contributed by atoms with van der Waals surface area (Å²) in [5.41, 5.74) is 0.484. The molecule has 22 heavy (non-hydrogen) atoms. The second-order valence-corrected chi connectivity index (χ2v) is 6.58. The highest BCUT2D eigenvalue weighted by atomic mass is 32.1. The van der Waals surface area contributed by atoms with Crippen molar-refractivity contribution in [2.75, 3.05) is 25.0 Å². The summed E-state index contributed by atoms with van der Waals surface area (Å²) in [7, 11) is 0. The first-order valence-corrected chi connectivity index (χ1v) is 8.78. The summed E-state index contributed by atoms with van der Waals surface area (Å²) in [5, 5.41) is 6.83. The van der Waals surface area contributed by atoms with Gasteiger partial charge < -0.3 is 15.4 Å². The number of carbonyl (C=O) groups is 2. The Kier molecular flexibility index (Phi) is 6.39. The van der Waals surface area contributed by atoms with Crippen LogP contribution in [0.15, 0.2) is 6.07 Å². The Morgan fingerprint density at radius 1 is 1.36 bits per heavy atom. The number of esters is 1. The number of anilines is 1. The van der Waals surface area contributed by atoms with E-state index in [-0.39, 0.29) is 17.8 Å². The van der Waals surface area contributed by atoms with E-state index in [4.69, 9.17) is 4.74 Å². The van der Waals surface area contributed by atoms with Gasteiger partial charge in [0.1, 0.15) is 5.00 Å². The number of rotatable bonds is 6. The van der Waals surface area contributed by atoms with Crippen LogP contribution in [0.25, 0.3) is 0 Å². The molecule has 0 spiro atoms. The maximum atomic E-state index is 12.4. The maximum Gasteiger partial charge on any atom is 0.341 e. The van der Waals surface area contributed by atoms with Crippen molar-refractivity contribution in [1.82, 2.24) is 5.32 Å². The van der Waals surface area contributed by atoms with Gasteiger partial charge in [-0.2, -0.15) is 0 Å². The fourth-order valence-corrected chi connectivity index (χ4v) is 3.71. The monoisotopic (exact) mass is 324 g/mol. The summed E-state index contributed by atoms with van der Waals surface area (Å²) in [4.78, 5) is 25.5. The van der Waals surface area contributed by atoms with Gasteiger partial charge in [-0.05, 0) is 45.3 Å². The molecular formula is C16H24N2O3S. The van der Waals surface area contributed by atoms with Gasteiger partial charge in [-0.25, -0.2) is 4.79 Å². The Labute approximate surface area is 135 Å². The van der Waals surface area contributed by atoms with E-state index < -0.39 is 0 Å². The van der Waals surface area contributed by atoms with Crippen LogP contribution in [-0.2, 0) is 16.0 Å². The molecule has 2 N–H and O–H groups in total. The van der Waals surface area contributed by atoms with E-state index in [9.17, 15) is 9.59 Å². The Bertz CT molecular complexity index is 521. The topological polar surface area (TPSA) is 67.4 Å². The van der Waals surface area contributed by atoms with Crippen LogP contribution in [0.4, 0.5) is 5.00 Å². The van der Waals surface area contributed by atoms with Crippen molar-refractivity contribution >= 4 is 28.2 Å². The summed E-state index contributed by atoms with van der Waals surface area (Å²) in [6.45, 7) is 5.95. The number of nitrogens with one attached hydrogen (secondary N) is 2. The molecule has 1 aromatic rings. The van der Waals surface area contributed by atoms with Crippen LogP contribution in [0.1, 0.15) is 48.3 Å². The van der Waals surface area contributed by atoms with Gasteiger partial charge in [0.25, 0.3) is 0 Å². The molecule has 6 heteroatoms. The molecule has 1 saturated heterocycles. The van der Waals surface area contributed by atoms with Crippen molar-refractivity contribution in [3.05, 3.63) is 16.5 Å². The largest absolute Gasteiger partial charge is 0.462 e. The van der Waals surface area contributed by atoms with Crippen molar-refractivity contribution in [3.8, 4) is 0 Å². The normalized spacial score (nSPS) is 15.5. The third-order valence-electron chi connectivity index (χ3n) is 3.72. The summed E-state index contributed by atoms with van der Waals surface area (Å²) < 4.78 is 5.09. The predicted molar refractivity (Wildman–Crippen MR) is 88.5 cm³/mol. The number of aryl methyl sites for hydroxylation is 1. The molecule has 1 aliphatic rings. The lowest BCUT2D eigenvalue weighted by Gasteiger charge is -2.21. The number of amides is 1. The van der Waals surface area contributed by atoms with Crippen LogP contribution in [0.3, 0.4) is 0 Å². The molecule has 1 fully saturated rings. The van der Waals surface area contributed by atoms with Crippen molar-refractivity contribution < 1.29 is 14.3 Å². The fraction of sp³-hybridized carbons (Fsp3) is 0.625. The van der Waals surface area contributed by atoms with E-state index in [2.05, 4.69) is 17.6 Å². The number of thiophene rings is 1. The van der Waals surface area contributed by atoms with Gasteiger partial charge in [-0.1, -0.05) is 13.3 Å². The fourth-order valence-electron chi connectivity index (χ4n) is 2.56. The molecule has 0 aromatic carbocycles. The van der Waals surface area contributed by atoms with Crippen molar-refractivity contribution in [1.29, 1.82) is 0 Å². The van der Waals surface area contributed by atoms with Gasteiger partial charge in [0.2, 0.25) is 5.91 Å². The molecule has 0 bridgehead atoms. The SMILES string of the molecule is CCCc1cc(C(=O)OCC)c(NC(=O)C2CCNCC2)s1. The average molecular weight is 324 g/mol. The number of hydrogen-bond donors (Lipinski definition) is 2. The Balaban J connectivity index is 2.13. The average Bonchev–Trinajstić information content (AvgIpc) is 2.91. The minimum Gasteiger partial charge on any atom is -0.462 e. The van der Waals surface area contributed by atoms with Crippen LogP contribution in [0, 0.1) is 5.92 Å². The smallest absolute Gasteiger partial charge is 0.341 e. The van der Waals surface area contributed by atoms with Gasteiger partial charge in [-0.3, -0.25) is 4.79 Å². The molecule has 1 aliphatic heterocycles. The second-order valence-electron chi connectivity index (χ2n) is 5.44. The van der Waals surface area contributed by atoms with Crippen molar-refractivity contribution in [3.63, 3.8) is 0 Å². The Hall–Kier alpha value is -1.40. The lowest BCUT2D eigenvalue weighted by atomic mass is 9.97. The molecule has 1 aromatic heterocycles. The van der Waals surface area contributed by atoms with Crippen molar-refractivity contribution in [2.24, 2.45) is 5.92 Å². The molecule has 2 rings (SSSR count). The number of hydrogen-bond acceptors (Lipinski definition) is 5. The number of piperidine rings is 1. The Morgan fingerprint density at radius 3 is 2.73 bits per heavy atom. The summed E-state index contributed by atoms with van der Waals surface area (Å²) in [6.07, 6.45) is 3.59. The third kappa shape index (κ3) is 4.30. The minimum absolute atomic E-state index is 0.0111. The quantitative estimate of drug-likeness (QED) is 0.790. The summed E-state index contributed by atoms with van der Waals surface area (Å²) in [5.74, 6) is -0.327. The van der Waals surface area contributed by atoms with Crippen LogP contribution < -0.4 is 10.6 Å². The zero-order chi connectivity index (χ0) is 15.9. The van der Waals surface area contributed by atoms with E-state index in [1.165, 1.54) is 11.3 Å². The highest BCUT2D eigenvalue weighted by Gasteiger charge is 2.24. The van der Waals surface area contributed by atoms with Gasteiger partial charge in [-0.15, -0.1) is 11.3 Å². The van der Waals surface area contributed by atoms with Crippen LogP contribution in [-0.4, -0.2) is 31.6 Å². The Morgan fingerprint density at radius 2 is 2.09 bits per heavy atom. The number of carbonyl (C=O) groups excluding carboxylic acids is 2. The van der Waals surface area contributed by atoms with Gasteiger partial charge in [0.15, 0.2) is 0 Å². The third-order valence-corrected chi connectivity index (χ3v) is 4.83. The first-order chi connectivity index (χ1) is 10.7. The van der Waals surface area contributed by atoms with Gasteiger partial charge in [0, 0.05) is 10.8 Å². The highest BCUT2D eigenvalue weighted by Crippen LogP contribution is 2.30. The zero-order valence-corrected chi connectivity index (χ0v) is 14.1. The zero-order valence-electron chi connectivity index (χ0n) is 13.2. The first kappa shape index (κ1) is 17.0. The van der Waals surface area contributed by atoms with Gasteiger partial charge >= 0.3 is 5.97 Å². The molecule has 0 unspecified atom stereocenters.